The summed E-state index contributed by atoms with van der Waals surface area (Å²) >= 11 is 0. The number of allylic oxidation sites excluding steroid dienone is 1. The number of likely N-dealkylation sites (N-methyl/N-ethyl adjacent to an activating group) is 1. The Morgan fingerprint density at radius 3 is 2.33 bits per heavy atom. The number of carbonyl (C=O) groups is 1. The van der Waals surface area contributed by atoms with E-state index in [9.17, 15) is 4.79 Å². The van der Waals surface area contributed by atoms with E-state index in [1.807, 2.05) is 6.92 Å². The fourth-order valence-electron chi connectivity index (χ4n) is 1.09. The van der Waals surface area contributed by atoms with Gasteiger partial charge in [0.25, 0.3) is 0 Å². The molecule has 0 unspecified atom stereocenters. The third-order valence-corrected chi connectivity index (χ3v) is 2.16. The number of rotatable bonds is 0. The third kappa shape index (κ3) is 0.958. The van der Waals surface area contributed by atoms with Crippen LogP contribution in [-0.4, -0.2) is 29.9 Å². The summed E-state index contributed by atoms with van der Waals surface area (Å²) in [6.07, 6.45) is 0. The molecule has 0 saturated carbocycles. The van der Waals surface area contributed by atoms with Crippen molar-refractivity contribution in [2.45, 2.75) is 6.92 Å². The molecule has 1 aliphatic heterocycles. The van der Waals surface area contributed by atoms with Gasteiger partial charge >= 0.3 is 6.03 Å². The minimum atomic E-state index is -0.150. The summed E-state index contributed by atoms with van der Waals surface area (Å²) in [7, 11) is 3.32. The summed E-state index contributed by atoms with van der Waals surface area (Å²) in [5, 5.41) is 0. The molecule has 0 saturated heterocycles. The molecule has 0 radical (unpaired) electrons. The Balaban J connectivity index is 3.17. The number of carbonyl (C=O) groups excluding carboxylic acids is 1. The first kappa shape index (κ1) is 8.64. The van der Waals surface area contributed by atoms with E-state index in [2.05, 4.69) is 6.58 Å². The number of nitrogens with two attached hydrogens (primary N) is 1. The highest BCUT2D eigenvalue weighted by molar-refractivity contribution is 5.80. The van der Waals surface area contributed by atoms with Crippen LogP contribution in [0.1, 0.15) is 6.92 Å². The van der Waals surface area contributed by atoms with Gasteiger partial charge in [0.15, 0.2) is 0 Å². The summed E-state index contributed by atoms with van der Waals surface area (Å²) in [6, 6.07) is -0.150. The highest BCUT2D eigenvalue weighted by Gasteiger charge is 2.26. The monoisotopic (exact) mass is 167 g/mol. The summed E-state index contributed by atoms with van der Waals surface area (Å²) in [6.45, 7) is 5.60. The first-order valence-electron chi connectivity index (χ1n) is 3.64. The number of hydrogen-bond donors (Lipinski definition) is 1. The lowest BCUT2D eigenvalue weighted by atomic mass is 10.2. The quantitative estimate of drug-likeness (QED) is 0.577. The molecule has 1 heterocycles. The van der Waals surface area contributed by atoms with Crippen molar-refractivity contribution in [2.24, 2.45) is 5.73 Å². The zero-order valence-corrected chi connectivity index (χ0v) is 7.59. The molecule has 0 aromatic rings. The van der Waals surface area contributed by atoms with Crippen molar-refractivity contribution in [3.8, 4) is 0 Å². The standard InChI is InChI=1S/C8H13N3O/c1-5-6(2)10(3)8(12)11(4)7(5)9/h2,9H2,1,3-4H3. The average Bonchev–Trinajstić information content (AvgIpc) is 2.08. The zero-order chi connectivity index (χ0) is 9.46. The maximum atomic E-state index is 11.4. The predicted octanol–water partition coefficient (Wildman–Crippen LogP) is 0.688. The Hall–Kier alpha value is -1.45. The van der Waals surface area contributed by atoms with Crippen LogP contribution in [0.15, 0.2) is 23.7 Å². The van der Waals surface area contributed by atoms with Crippen molar-refractivity contribution in [3.05, 3.63) is 23.7 Å². The van der Waals surface area contributed by atoms with Gasteiger partial charge in [-0.05, 0) is 6.92 Å². The van der Waals surface area contributed by atoms with Gasteiger partial charge in [-0.2, -0.15) is 0 Å². The summed E-state index contributed by atoms with van der Waals surface area (Å²) in [5.41, 5.74) is 7.17. The molecule has 66 valence electrons. The Labute approximate surface area is 71.9 Å². The van der Waals surface area contributed by atoms with Crippen molar-refractivity contribution in [3.63, 3.8) is 0 Å². The van der Waals surface area contributed by atoms with E-state index in [1.54, 1.807) is 14.1 Å². The molecular formula is C8H13N3O. The molecule has 0 aromatic carbocycles. The van der Waals surface area contributed by atoms with Crippen LogP contribution in [-0.2, 0) is 0 Å². The average molecular weight is 167 g/mol. The number of urea groups is 1. The van der Waals surface area contributed by atoms with E-state index in [-0.39, 0.29) is 6.03 Å². The van der Waals surface area contributed by atoms with Crippen molar-refractivity contribution in [2.75, 3.05) is 14.1 Å². The first-order chi connectivity index (χ1) is 5.46. The second kappa shape index (κ2) is 2.55. The third-order valence-electron chi connectivity index (χ3n) is 2.16. The van der Waals surface area contributed by atoms with Crippen LogP contribution in [0.4, 0.5) is 4.79 Å². The van der Waals surface area contributed by atoms with Crippen LogP contribution in [0.2, 0.25) is 0 Å². The van der Waals surface area contributed by atoms with Crippen LogP contribution in [0.3, 0.4) is 0 Å². The number of nitrogens with zero attached hydrogens (tertiary/aromatic N) is 2. The summed E-state index contributed by atoms with van der Waals surface area (Å²) in [5.74, 6) is 0.475. The molecule has 0 spiro atoms. The Morgan fingerprint density at radius 2 is 1.83 bits per heavy atom. The van der Waals surface area contributed by atoms with Gasteiger partial charge in [0.1, 0.15) is 5.82 Å². The first-order valence-corrected chi connectivity index (χ1v) is 3.64. The molecule has 12 heavy (non-hydrogen) atoms. The zero-order valence-electron chi connectivity index (χ0n) is 7.59. The van der Waals surface area contributed by atoms with E-state index in [4.69, 9.17) is 5.73 Å². The van der Waals surface area contributed by atoms with Crippen LogP contribution >= 0.6 is 0 Å². The normalized spacial score (nSPS) is 19.2. The number of hydrogen-bond acceptors (Lipinski definition) is 2. The molecule has 1 aliphatic rings. The second-order valence-electron chi connectivity index (χ2n) is 2.86. The molecule has 2 amide bonds. The predicted molar refractivity (Wildman–Crippen MR) is 46.9 cm³/mol. The lowest BCUT2D eigenvalue weighted by Crippen LogP contribution is -2.44. The van der Waals surface area contributed by atoms with Gasteiger partial charge in [-0.15, -0.1) is 0 Å². The highest BCUT2D eigenvalue weighted by atomic mass is 16.2. The van der Waals surface area contributed by atoms with Gasteiger partial charge in [-0.3, -0.25) is 9.80 Å². The van der Waals surface area contributed by atoms with Gasteiger partial charge in [0.05, 0.1) is 0 Å². The van der Waals surface area contributed by atoms with Gasteiger partial charge in [-0.1, -0.05) is 6.58 Å². The molecule has 4 heteroatoms. The topological polar surface area (TPSA) is 49.6 Å². The van der Waals surface area contributed by atoms with E-state index in [1.165, 1.54) is 9.80 Å². The van der Waals surface area contributed by atoms with E-state index >= 15 is 0 Å². The van der Waals surface area contributed by atoms with E-state index in [0.717, 1.165) is 5.57 Å². The smallest absolute Gasteiger partial charge is 0.329 e. The van der Waals surface area contributed by atoms with Crippen molar-refractivity contribution >= 4 is 6.03 Å². The molecule has 0 atom stereocenters. The molecule has 4 nitrogen and oxygen atoms in total. The van der Waals surface area contributed by atoms with Crippen LogP contribution < -0.4 is 5.73 Å². The lowest BCUT2D eigenvalue weighted by Gasteiger charge is -2.33. The van der Waals surface area contributed by atoms with E-state index in [0.29, 0.717) is 11.5 Å². The Bertz CT molecular complexity index is 280. The Morgan fingerprint density at radius 1 is 1.33 bits per heavy atom. The van der Waals surface area contributed by atoms with Crippen LogP contribution in [0.25, 0.3) is 0 Å². The molecule has 2 N–H and O–H groups in total. The summed E-state index contributed by atoms with van der Waals surface area (Å²) < 4.78 is 0. The summed E-state index contributed by atoms with van der Waals surface area (Å²) in [4.78, 5) is 14.3. The lowest BCUT2D eigenvalue weighted by molar-refractivity contribution is 0.189. The molecule has 1 rings (SSSR count). The largest absolute Gasteiger partial charge is 0.385 e. The molecule has 0 aliphatic carbocycles. The van der Waals surface area contributed by atoms with Crippen molar-refractivity contribution in [1.82, 2.24) is 9.80 Å². The Kier molecular flexibility index (Phi) is 1.84. The second-order valence-corrected chi connectivity index (χ2v) is 2.86. The fraction of sp³-hybridized carbons (Fsp3) is 0.375. The molecular weight excluding hydrogens is 154 g/mol. The van der Waals surface area contributed by atoms with Crippen LogP contribution in [0, 0.1) is 0 Å². The minimum absolute atomic E-state index is 0.150. The van der Waals surface area contributed by atoms with Gasteiger partial charge in [0, 0.05) is 25.4 Å². The van der Waals surface area contributed by atoms with Gasteiger partial charge in [-0.25, -0.2) is 4.79 Å². The SMILES string of the molecule is C=C1C(C)=C(N)N(C)C(=O)N1C. The highest BCUT2D eigenvalue weighted by Crippen LogP contribution is 2.21. The fourth-order valence-corrected chi connectivity index (χ4v) is 1.09. The van der Waals surface area contributed by atoms with Crippen molar-refractivity contribution < 1.29 is 4.79 Å². The minimum Gasteiger partial charge on any atom is -0.385 e. The maximum Gasteiger partial charge on any atom is 0.329 e. The number of amides is 2. The molecule has 0 fully saturated rings. The van der Waals surface area contributed by atoms with Crippen molar-refractivity contribution in [1.29, 1.82) is 0 Å². The van der Waals surface area contributed by atoms with Gasteiger partial charge in [0.2, 0.25) is 0 Å². The van der Waals surface area contributed by atoms with E-state index < -0.39 is 0 Å². The maximum absolute atomic E-state index is 11.4. The molecule has 0 aromatic heterocycles. The van der Waals surface area contributed by atoms with Crippen LogP contribution in [0.5, 0.6) is 0 Å². The van der Waals surface area contributed by atoms with Gasteiger partial charge < -0.3 is 5.73 Å². The molecule has 0 bridgehead atoms.